The zero-order valence-corrected chi connectivity index (χ0v) is 20.2. The normalized spacial score (nSPS) is 39.2. The minimum atomic E-state index is 1.11. The van der Waals surface area contributed by atoms with Crippen molar-refractivity contribution in [3.63, 3.8) is 0 Å². The molecule has 5 saturated carbocycles. The van der Waals surface area contributed by atoms with E-state index in [0.717, 1.165) is 47.3 Å². The van der Waals surface area contributed by atoms with Gasteiger partial charge in [0.25, 0.3) is 0 Å². The van der Waals surface area contributed by atoms with Crippen LogP contribution in [0.2, 0.25) is 0 Å². The van der Waals surface area contributed by atoms with E-state index in [0.29, 0.717) is 0 Å². The van der Waals surface area contributed by atoms with Crippen molar-refractivity contribution in [2.45, 2.75) is 141 Å². The van der Waals surface area contributed by atoms with Crippen LogP contribution in [0.1, 0.15) is 141 Å². The van der Waals surface area contributed by atoms with E-state index in [1.165, 1.54) is 25.7 Å². The summed E-state index contributed by atoms with van der Waals surface area (Å²) in [5, 5.41) is 0. The Morgan fingerprint density at radius 1 is 0.233 bits per heavy atom. The van der Waals surface area contributed by atoms with Crippen LogP contribution < -0.4 is 0 Å². The molecule has 30 heavy (non-hydrogen) atoms. The van der Waals surface area contributed by atoms with Gasteiger partial charge in [-0.1, -0.05) is 128 Å². The Hall–Kier alpha value is 0. The first-order chi connectivity index (χ1) is 14.9. The fourth-order valence-electron chi connectivity index (χ4n) is 9.93. The van der Waals surface area contributed by atoms with Gasteiger partial charge in [-0.3, -0.25) is 0 Å². The van der Waals surface area contributed by atoms with Crippen molar-refractivity contribution < 1.29 is 0 Å². The SMILES string of the molecule is C1CCC([C@H]2[C@H](C3CCCCC3)[C@H](C3CCCCC3)CC[C@H]2C2CCCCC2)CC1. The van der Waals surface area contributed by atoms with Gasteiger partial charge in [0.2, 0.25) is 0 Å². The minimum Gasteiger partial charge on any atom is -0.0533 e. The molecule has 0 aromatic rings. The van der Waals surface area contributed by atoms with Gasteiger partial charge in [0.05, 0.1) is 0 Å². The van der Waals surface area contributed by atoms with Crippen molar-refractivity contribution in [1.82, 2.24) is 0 Å². The lowest BCUT2D eigenvalue weighted by atomic mass is 9.50. The summed E-state index contributed by atoms with van der Waals surface area (Å²) in [7, 11) is 0. The summed E-state index contributed by atoms with van der Waals surface area (Å²) in [6, 6.07) is 0. The van der Waals surface area contributed by atoms with Crippen LogP contribution in [0.25, 0.3) is 0 Å². The average Bonchev–Trinajstić information content (AvgIpc) is 2.85. The maximum Gasteiger partial charge on any atom is -0.0321 e. The molecule has 0 heteroatoms. The molecule has 4 atom stereocenters. The highest BCUT2D eigenvalue weighted by Gasteiger charge is 2.50. The van der Waals surface area contributed by atoms with Gasteiger partial charge in [0, 0.05) is 0 Å². The Kier molecular flexibility index (Phi) is 7.82. The zero-order chi connectivity index (χ0) is 20.2. The Balaban J connectivity index is 1.45. The molecule has 0 aromatic heterocycles. The molecule has 0 spiro atoms. The second kappa shape index (κ2) is 10.7. The van der Waals surface area contributed by atoms with Gasteiger partial charge in [-0.05, 0) is 60.2 Å². The number of hydrogen-bond donors (Lipinski definition) is 0. The van der Waals surface area contributed by atoms with E-state index < -0.39 is 0 Å². The highest BCUT2D eigenvalue weighted by atomic mass is 14.5. The van der Waals surface area contributed by atoms with Gasteiger partial charge < -0.3 is 0 Å². The molecule has 5 aliphatic rings. The van der Waals surface area contributed by atoms with Crippen molar-refractivity contribution in [3.8, 4) is 0 Å². The maximum atomic E-state index is 1.64. The largest absolute Gasteiger partial charge is 0.0533 e. The molecule has 0 radical (unpaired) electrons. The Morgan fingerprint density at radius 3 is 0.800 bits per heavy atom. The molecule has 0 nitrogen and oxygen atoms in total. The van der Waals surface area contributed by atoms with E-state index in [2.05, 4.69) is 0 Å². The van der Waals surface area contributed by atoms with Crippen LogP contribution in [0.5, 0.6) is 0 Å². The van der Waals surface area contributed by atoms with Gasteiger partial charge in [0.15, 0.2) is 0 Å². The zero-order valence-electron chi connectivity index (χ0n) is 20.2. The first kappa shape index (κ1) is 21.8. The third kappa shape index (κ3) is 4.83. The summed E-state index contributed by atoms with van der Waals surface area (Å²) >= 11 is 0. The topological polar surface area (TPSA) is 0 Å². The smallest absolute Gasteiger partial charge is 0.0321 e. The highest BCUT2D eigenvalue weighted by molar-refractivity contribution is 4.99. The third-order valence-corrected chi connectivity index (χ3v) is 11.2. The van der Waals surface area contributed by atoms with E-state index in [1.54, 1.807) is 116 Å². The second-order valence-corrected chi connectivity index (χ2v) is 12.7. The summed E-state index contributed by atoms with van der Waals surface area (Å²) in [4.78, 5) is 0. The van der Waals surface area contributed by atoms with Crippen molar-refractivity contribution >= 4 is 0 Å². The van der Waals surface area contributed by atoms with E-state index >= 15 is 0 Å². The maximum absolute atomic E-state index is 1.64. The molecule has 0 aliphatic heterocycles. The van der Waals surface area contributed by atoms with E-state index in [1.807, 2.05) is 0 Å². The van der Waals surface area contributed by atoms with Crippen LogP contribution in [0, 0.1) is 47.3 Å². The number of rotatable bonds is 4. The molecular weight excluding hydrogens is 360 g/mol. The lowest BCUT2D eigenvalue weighted by Crippen LogP contribution is -2.48. The molecule has 0 N–H and O–H groups in total. The summed E-state index contributed by atoms with van der Waals surface area (Å²) < 4.78 is 0. The molecule has 0 saturated heterocycles. The quantitative estimate of drug-likeness (QED) is 0.431. The summed E-state index contributed by atoms with van der Waals surface area (Å²) in [6.07, 6.45) is 34.7. The van der Waals surface area contributed by atoms with Crippen LogP contribution in [0.3, 0.4) is 0 Å². The van der Waals surface area contributed by atoms with Crippen LogP contribution in [-0.4, -0.2) is 0 Å². The van der Waals surface area contributed by atoms with Crippen molar-refractivity contribution in [3.05, 3.63) is 0 Å². The molecule has 0 heterocycles. The van der Waals surface area contributed by atoms with Crippen LogP contribution in [0.15, 0.2) is 0 Å². The molecule has 0 unspecified atom stereocenters. The van der Waals surface area contributed by atoms with Crippen molar-refractivity contribution in [1.29, 1.82) is 0 Å². The Labute approximate surface area is 188 Å². The van der Waals surface area contributed by atoms with E-state index in [9.17, 15) is 0 Å². The fraction of sp³-hybridized carbons (Fsp3) is 1.00. The van der Waals surface area contributed by atoms with Crippen LogP contribution >= 0.6 is 0 Å². The van der Waals surface area contributed by atoms with Gasteiger partial charge in [0.1, 0.15) is 0 Å². The standard InChI is InChI=1S/C30H52/c1-5-13-23(14-6-1)27-21-22-28(24-15-7-2-8-16-24)30(26-19-11-4-12-20-26)29(27)25-17-9-3-10-18-25/h23-30H,1-22H2/t27-,28-,29+,30+/m0/s1. The summed E-state index contributed by atoms with van der Waals surface area (Å²) in [5.74, 6) is 8.98. The van der Waals surface area contributed by atoms with Crippen LogP contribution in [0.4, 0.5) is 0 Å². The Morgan fingerprint density at radius 2 is 0.500 bits per heavy atom. The second-order valence-electron chi connectivity index (χ2n) is 12.7. The van der Waals surface area contributed by atoms with Crippen molar-refractivity contribution in [2.24, 2.45) is 47.3 Å². The first-order valence-electron chi connectivity index (χ1n) is 14.9. The summed E-state index contributed by atoms with van der Waals surface area (Å²) in [5.41, 5.74) is 0. The third-order valence-electron chi connectivity index (χ3n) is 11.2. The molecule has 5 aliphatic carbocycles. The molecule has 172 valence electrons. The Bertz CT molecular complexity index is 438. The highest BCUT2D eigenvalue weighted by Crippen LogP contribution is 2.58. The predicted molar refractivity (Wildman–Crippen MR) is 129 cm³/mol. The predicted octanol–water partition coefficient (Wildman–Crippen LogP) is 9.57. The molecule has 5 rings (SSSR count). The van der Waals surface area contributed by atoms with E-state index in [-0.39, 0.29) is 0 Å². The van der Waals surface area contributed by atoms with E-state index in [4.69, 9.17) is 0 Å². The van der Waals surface area contributed by atoms with Gasteiger partial charge >= 0.3 is 0 Å². The average molecular weight is 413 g/mol. The van der Waals surface area contributed by atoms with Gasteiger partial charge in [-0.15, -0.1) is 0 Å². The number of hydrogen-bond acceptors (Lipinski definition) is 0. The van der Waals surface area contributed by atoms with Crippen molar-refractivity contribution in [2.75, 3.05) is 0 Å². The monoisotopic (exact) mass is 412 g/mol. The molecular formula is C30H52. The molecule has 0 amide bonds. The van der Waals surface area contributed by atoms with Gasteiger partial charge in [-0.25, -0.2) is 0 Å². The first-order valence-corrected chi connectivity index (χ1v) is 14.9. The van der Waals surface area contributed by atoms with Gasteiger partial charge in [-0.2, -0.15) is 0 Å². The molecule has 5 fully saturated rings. The lowest BCUT2D eigenvalue weighted by Gasteiger charge is -2.55. The molecule has 0 aromatic carbocycles. The van der Waals surface area contributed by atoms with Crippen LogP contribution in [-0.2, 0) is 0 Å². The molecule has 0 bridgehead atoms. The lowest BCUT2D eigenvalue weighted by molar-refractivity contribution is -0.0649. The summed E-state index contributed by atoms with van der Waals surface area (Å²) in [6.45, 7) is 0. The minimum absolute atomic E-state index is 1.11. The fourth-order valence-corrected chi connectivity index (χ4v) is 9.93.